The highest BCUT2D eigenvalue weighted by Crippen LogP contribution is 2.32. The summed E-state index contributed by atoms with van der Waals surface area (Å²) in [5, 5.41) is 3.10. The molecule has 1 aromatic heterocycles. The Bertz CT molecular complexity index is 730. The number of nitrogens with zero attached hydrogens (tertiary/aromatic N) is 2. The Balaban J connectivity index is 0.00000182. The predicted molar refractivity (Wildman–Crippen MR) is 117 cm³/mol. The van der Waals surface area contributed by atoms with E-state index in [2.05, 4.69) is 50.0 Å². The number of nitrogens with two attached hydrogens (primary N) is 1. The number of likely N-dealkylation sites (tertiary alicyclic amines) is 1. The molecule has 1 aliphatic heterocycles. The molecular weight excluding hydrogens is 401 g/mol. The first kappa shape index (κ1) is 23.9. The van der Waals surface area contributed by atoms with Gasteiger partial charge in [-0.1, -0.05) is 51.1 Å². The summed E-state index contributed by atoms with van der Waals surface area (Å²) >= 11 is 1.64. The molecule has 4 nitrogen and oxygen atoms in total. The number of carbonyl (C=O) groups excluding carboxylic acids is 1. The highest BCUT2D eigenvalue weighted by Gasteiger charge is 2.35. The van der Waals surface area contributed by atoms with Gasteiger partial charge < -0.3 is 10.6 Å². The topological polar surface area (TPSA) is 59.2 Å². The van der Waals surface area contributed by atoms with Crippen LogP contribution < -0.4 is 5.73 Å². The van der Waals surface area contributed by atoms with Crippen LogP contribution in [-0.4, -0.2) is 35.4 Å². The van der Waals surface area contributed by atoms with Crippen LogP contribution in [0.1, 0.15) is 43.0 Å². The monoisotopic (exact) mass is 429 g/mol. The van der Waals surface area contributed by atoms with Crippen molar-refractivity contribution < 1.29 is 4.79 Å². The Morgan fingerprint density at radius 3 is 2.44 bits per heavy atom. The second-order valence-corrected chi connectivity index (χ2v) is 8.74. The Hall–Kier alpha value is -1.14. The lowest BCUT2D eigenvalue weighted by Gasteiger charge is -2.16. The molecule has 2 N–H and O–H groups in total. The van der Waals surface area contributed by atoms with Crippen molar-refractivity contribution in [3.63, 3.8) is 0 Å². The minimum atomic E-state index is 0. The summed E-state index contributed by atoms with van der Waals surface area (Å²) in [6.45, 7) is 8.54. The molecule has 1 amide bonds. The van der Waals surface area contributed by atoms with E-state index in [1.54, 1.807) is 11.3 Å². The second-order valence-electron chi connectivity index (χ2n) is 7.88. The lowest BCUT2D eigenvalue weighted by molar-refractivity contribution is -0.129. The average Bonchev–Trinajstić information content (AvgIpc) is 3.22. The van der Waals surface area contributed by atoms with Gasteiger partial charge in [0.05, 0.1) is 17.1 Å². The van der Waals surface area contributed by atoms with Crippen LogP contribution in [0.5, 0.6) is 0 Å². The Kier molecular flexibility index (Phi) is 8.74. The minimum absolute atomic E-state index is 0. The fourth-order valence-electron chi connectivity index (χ4n) is 3.39. The molecule has 2 aromatic rings. The third-order valence-corrected chi connectivity index (χ3v) is 6.17. The zero-order valence-corrected chi connectivity index (χ0v) is 18.5. The van der Waals surface area contributed by atoms with E-state index in [1.807, 2.05) is 16.3 Å². The van der Waals surface area contributed by atoms with Gasteiger partial charge in [-0.3, -0.25) is 4.79 Å². The molecule has 0 bridgehead atoms. The maximum absolute atomic E-state index is 12.8. The number of hydrogen-bond acceptors (Lipinski definition) is 4. The maximum atomic E-state index is 12.8. The van der Waals surface area contributed by atoms with Crippen molar-refractivity contribution in [2.75, 3.05) is 19.6 Å². The first-order chi connectivity index (χ1) is 11.9. The number of hydrogen-bond donors (Lipinski definition) is 1. The summed E-state index contributed by atoms with van der Waals surface area (Å²) < 4.78 is 0. The molecule has 2 atom stereocenters. The summed E-state index contributed by atoms with van der Waals surface area (Å²) in [7, 11) is 0. The third-order valence-electron chi connectivity index (χ3n) is 4.85. The first-order valence-electron chi connectivity index (χ1n) is 8.86. The molecule has 1 aromatic carbocycles. The van der Waals surface area contributed by atoms with Crippen LogP contribution in [-0.2, 0) is 16.6 Å². The highest BCUT2D eigenvalue weighted by molar-refractivity contribution is 7.09. The van der Waals surface area contributed by atoms with E-state index in [4.69, 9.17) is 5.73 Å². The summed E-state index contributed by atoms with van der Waals surface area (Å²) in [5.74, 6) is 0.810. The summed E-state index contributed by atoms with van der Waals surface area (Å²) in [5.41, 5.74) is 8.17. The van der Waals surface area contributed by atoms with E-state index < -0.39 is 0 Å². The van der Waals surface area contributed by atoms with E-state index in [0.717, 1.165) is 23.8 Å². The van der Waals surface area contributed by atoms with Gasteiger partial charge in [-0.05, 0) is 18.0 Å². The molecule has 0 aliphatic carbocycles. The largest absolute Gasteiger partial charge is 0.341 e. The number of amides is 1. The number of halogens is 2. The molecule has 3 rings (SSSR count). The molecule has 2 heterocycles. The number of carbonyl (C=O) groups is 1. The quantitative estimate of drug-likeness (QED) is 0.797. The van der Waals surface area contributed by atoms with Crippen LogP contribution in [0.4, 0.5) is 0 Å². The van der Waals surface area contributed by atoms with Crippen molar-refractivity contribution in [3.8, 4) is 0 Å². The number of rotatable bonds is 4. The summed E-state index contributed by atoms with van der Waals surface area (Å²) in [6.07, 6.45) is 0.380. The van der Waals surface area contributed by atoms with Crippen molar-refractivity contribution in [2.24, 2.45) is 11.7 Å². The molecule has 0 saturated carbocycles. The average molecular weight is 430 g/mol. The van der Waals surface area contributed by atoms with E-state index >= 15 is 0 Å². The molecule has 0 unspecified atom stereocenters. The SMILES string of the molecule is CC(C)(C)c1nc(CC(=O)N2C[C@@H](CN)[C@H](c3ccccc3)C2)cs1.Cl.Cl. The normalized spacial score (nSPS) is 19.3. The molecule has 7 heteroatoms. The van der Waals surface area contributed by atoms with Crippen LogP contribution in [0.3, 0.4) is 0 Å². The van der Waals surface area contributed by atoms with E-state index in [1.165, 1.54) is 5.56 Å². The lowest BCUT2D eigenvalue weighted by atomic mass is 9.89. The first-order valence-corrected chi connectivity index (χ1v) is 9.74. The van der Waals surface area contributed by atoms with Crippen molar-refractivity contribution in [1.29, 1.82) is 0 Å². The fraction of sp³-hybridized carbons (Fsp3) is 0.500. The maximum Gasteiger partial charge on any atom is 0.228 e. The number of thiazole rings is 1. The molecule has 0 radical (unpaired) electrons. The van der Waals surface area contributed by atoms with Gasteiger partial charge in [-0.25, -0.2) is 4.98 Å². The van der Waals surface area contributed by atoms with Crippen molar-refractivity contribution in [3.05, 3.63) is 52.0 Å². The number of benzene rings is 1. The molecule has 27 heavy (non-hydrogen) atoms. The van der Waals surface area contributed by atoms with Gasteiger partial charge in [0, 0.05) is 29.8 Å². The van der Waals surface area contributed by atoms with Gasteiger partial charge in [0.25, 0.3) is 0 Å². The third kappa shape index (κ3) is 5.67. The van der Waals surface area contributed by atoms with Crippen LogP contribution in [0.2, 0.25) is 0 Å². The summed E-state index contributed by atoms with van der Waals surface area (Å²) in [6, 6.07) is 10.4. The molecular formula is C20H29Cl2N3OS. The molecule has 1 fully saturated rings. The van der Waals surface area contributed by atoms with E-state index in [0.29, 0.717) is 24.8 Å². The van der Waals surface area contributed by atoms with Crippen molar-refractivity contribution in [2.45, 2.75) is 38.5 Å². The summed E-state index contributed by atoms with van der Waals surface area (Å²) in [4.78, 5) is 19.4. The number of aromatic nitrogens is 1. The zero-order chi connectivity index (χ0) is 18.0. The Morgan fingerprint density at radius 2 is 1.89 bits per heavy atom. The van der Waals surface area contributed by atoms with E-state index in [9.17, 15) is 4.79 Å². The van der Waals surface area contributed by atoms with Crippen LogP contribution in [0, 0.1) is 5.92 Å². The van der Waals surface area contributed by atoms with Gasteiger partial charge in [0.2, 0.25) is 5.91 Å². The van der Waals surface area contributed by atoms with Crippen LogP contribution in [0.25, 0.3) is 0 Å². The Labute approximate surface area is 178 Å². The van der Waals surface area contributed by atoms with Gasteiger partial charge in [-0.2, -0.15) is 0 Å². The molecule has 1 saturated heterocycles. The highest BCUT2D eigenvalue weighted by atomic mass is 35.5. The van der Waals surface area contributed by atoms with Gasteiger partial charge in [-0.15, -0.1) is 36.2 Å². The predicted octanol–water partition coefficient (Wildman–Crippen LogP) is 4.03. The van der Waals surface area contributed by atoms with Crippen LogP contribution >= 0.6 is 36.2 Å². The van der Waals surface area contributed by atoms with Gasteiger partial charge in [0.1, 0.15) is 0 Å². The molecule has 0 spiro atoms. The minimum Gasteiger partial charge on any atom is -0.341 e. The van der Waals surface area contributed by atoms with Crippen molar-refractivity contribution in [1.82, 2.24) is 9.88 Å². The molecule has 1 aliphatic rings. The van der Waals surface area contributed by atoms with Gasteiger partial charge in [0.15, 0.2) is 0 Å². The smallest absolute Gasteiger partial charge is 0.228 e. The standard InChI is InChI=1S/C20H27N3OS.2ClH/c1-20(2,3)19-22-16(13-25-19)9-18(24)23-11-15(10-21)17(12-23)14-7-5-4-6-8-14;;/h4-8,13,15,17H,9-12,21H2,1-3H3;2*1H/t15-,17+;;/m1../s1. The lowest BCUT2D eigenvalue weighted by Crippen LogP contribution is -2.31. The molecule has 150 valence electrons. The van der Waals surface area contributed by atoms with Gasteiger partial charge >= 0.3 is 0 Å². The second kappa shape index (κ2) is 9.87. The van der Waals surface area contributed by atoms with Crippen LogP contribution in [0.15, 0.2) is 35.7 Å². The zero-order valence-electron chi connectivity index (χ0n) is 16.1. The van der Waals surface area contributed by atoms with E-state index in [-0.39, 0.29) is 36.1 Å². The van der Waals surface area contributed by atoms with Crippen molar-refractivity contribution >= 4 is 42.1 Å². The Morgan fingerprint density at radius 1 is 1.22 bits per heavy atom. The fourth-order valence-corrected chi connectivity index (χ4v) is 4.30.